The molecule has 0 atom stereocenters. The summed E-state index contributed by atoms with van der Waals surface area (Å²) in [7, 11) is 0. The summed E-state index contributed by atoms with van der Waals surface area (Å²) in [6.07, 6.45) is 0. The van der Waals surface area contributed by atoms with Crippen LogP contribution in [-0.4, -0.2) is 10.9 Å². The van der Waals surface area contributed by atoms with Crippen molar-refractivity contribution in [2.45, 2.75) is 6.92 Å². The number of para-hydroxylation sites is 2. The van der Waals surface area contributed by atoms with Crippen LogP contribution in [0.4, 0.5) is 5.69 Å². The van der Waals surface area contributed by atoms with Gasteiger partial charge in [-0.3, -0.25) is 4.79 Å². The molecule has 0 saturated carbocycles. The zero-order valence-corrected chi connectivity index (χ0v) is 10.6. The van der Waals surface area contributed by atoms with E-state index in [1.807, 2.05) is 61.5 Å². The second-order valence-corrected chi connectivity index (χ2v) is 4.49. The first-order valence-electron chi connectivity index (χ1n) is 6.19. The molecule has 1 amide bonds. The fraction of sp³-hybridized carbons (Fsp3) is 0.0625. The molecule has 3 rings (SSSR count). The van der Waals surface area contributed by atoms with Crippen LogP contribution in [0.2, 0.25) is 0 Å². The van der Waals surface area contributed by atoms with Crippen LogP contribution < -0.4 is 5.32 Å². The van der Waals surface area contributed by atoms with E-state index in [0.717, 1.165) is 22.2 Å². The number of aryl methyl sites for hydroxylation is 1. The van der Waals surface area contributed by atoms with Crippen molar-refractivity contribution in [2.75, 3.05) is 5.32 Å². The Hall–Kier alpha value is -2.55. The van der Waals surface area contributed by atoms with Gasteiger partial charge in [-0.2, -0.15) is 0 Å². The highest BCUT2D eigenvalue weighted by molar-refractivity contribution is 6.07. The van der Waals surface area contributed by atoms with Gasteiger partial charge in [0, 0.05) is 16.6 Å². The molecule has 0 aliphatic rings. The lowest BCUT2D eigenvalue weighted by Gasteiger charge is -2.04. The summed E-state index contributed by atoms with van der Waals surface area (Å²) >= 11 is 0. The minimum Gasteiger partial charge on any atom is -0.350 e. The number of anilines is 1. The van der Waals surface area contributed by atoms with Crippen molar-refractivity contribution >= 4 is 22.5 Å². The number of carbonyl (C=O) groups is 1. The number of benzene rings is 2. The summed E-state index contributed by atoms with van der Waals surface area (Å²) < 4.78 is 0. The number of aromatic amines is 1. The highest BCUT2D eigenvalue weighted by Crippen LogP contribution is 2.22. The molecule has 0 saturated heterocycles. The monoisotopic (exact) mass is 250 g/mol. The average molecular weight is 250 g/mol. The molecule has 0 unspecified atom stereocenters. The second kappa shape index (κ2) is 4.61. The lowest BCUT2D eigenvalue weighted by atomic mass is 10.1. The van der Waals surface area contributed by atoms with E-state index in [9.17, 15) is 4.79 Å². The summed E-state index contributed by atoms with van der Waals surface area (Å²) in [4.78, 5) is 15.4. The minimum absolute atomic E-state index is 0.111. The molecule has 94 valence electrons. The fourth-order valence-electron chi connectivity index (χ4n) is 2.22. The lowest BCUT2D eigenvalue weighted by molar-refractivity contribution is 0.102. The van der Waals surface area contributed by atoms with Gasteiger partial charge in [-0.05, 0) is 30.7 Å². The normalized spacial score (nSPS) is 10.6. The Morgan fingerprint density at radius 1 is 1.00 bits per heavy atom. The predicted octanol–water partition coefficient (Wildman–Crippen LogP) is 3.73. The Morgan fingerprint density at radius 2 is 1.68 bits per heavy atom. The van der Waals surface area contributed by atoms with E-state index in [2.05, 4.69) is 10.3 Å². The summed E-state index contributed by atoms with van der Waals surface area (Å²) in [5.74, 6) is -0.111. The van der Waals surface area contributed by atoms with Crippen LogP contribution in [0.5, 0.6) is 0 Å². The Kier molecular flexibility index (Phi) is 2.80. The molecule has 0 radical (unpaired) electrons. The number of amides is 1. The molecule has 1 heterocycles. The number of nitrogens with one attached hydrogen (secondary N) is 2. The molecule has 0 aliphatic heterocycles. The van der Waals surface area contributed by atoms with Crippen LogP contribution in [0.15, 0.2) is 54.6 Å². The highest BCUT2D eigenvalue weighted by atomic mass is 16.1. The second-order valence-electron chi connectivity index (χ2n) is 4.49. The molecule has 19 heavy (non-hydrogen) atoms. The van der Waals surface area contributed by atoms with E-state index in [4.69, 9.17) is 0 Å². The third kappa shape index (κ3) is 2.10. The topological polar surface area (TPSA) is 44.9 Å². The van der Waals surface area contributed by atoms with Crippen LogP contribution in [0.3, 0.4) is 0 Å². The van der Waals surface area contributed by atoms with E-state index < -0.39 is 0 Å². The van der Waals surface area contributed by atoms with Gasteiger partial charge >= 0.3 is 0 Å². The molecule has 0 aliphatic carbocycles. The minimum atomic E-state index is -0.111. The molecule has 2 N–H and O–H groups in total. The maximum absolute atomic E-state index is 12.3. The summed E-state index contributed by atoms with van der Waals surface area (Å²) in [5, 5.41) is 3.97. The number of carbonyl (C=O) groups excluding carboxylic acids is 1. The molecule has 1 aromatic heterocycles. The summed E-state index contributed by atoms with van der Waals surface area (Å²) in [6.45, 7) is 1.96. The molecule has 0 spiro atoms. The van der Waals surface area contributed by atoms with Crippen molar-refractivity contribution in [3.8, 4) is 0 Å². The van der Waals surface area contributed by atoms with E-state index in [-0.39, 0.29) is 5.91 Å². The molecule has 0 bridgehead atoms. The zero-order valence-electron chi connectivity index (χ0n) is 10.6. The standard InChI is InChI=1S/C16H14N2O/c1-11-13-9-5-6-10-14(13)18-15(11)16(19)17-12-7-3-2-4-8-12/h2-10,18H,1H3,(H,17,19). The quantitative estimate of drug-likeness (QED) is 0.715. The number of aromatic nitrogens is 1. The smallest absolute Gasteiger partial charge is 0.272 e. The van der Waals surface area contributed by atoms with Crippen LogP contribution in [0, 0.1) is 6.92 Å². The fourth-order valence-corrected chi connectivity index (χ4v) is 2.22. The molecule has 3 aromatic rings. The number of rotatable bonds is 2. The Bertz CT molecular complexity index is 729. The average Bonchev–Trinajstić information content (AvgIpc) is 2.78. The summed E-state index contributed by atoms with van der Waals surface area (Å²) in [6, 6.07) is 17.4. The molecule has 3 heteroatoms. The van der Waals surface area contributed by atoms with Gasteiger partial charge in [-0.1, -0.05) is 36.4 Å². The molecular weight excluding hydrogens is 236 g/mol. The highest BCUT2D eigenvalue weighted by Gasteiger charge is 2.14. The third-order valence-electron chi connectivity index (χ3n) is 3.22. The van der Waals surface area contributed by atoms with Crippen molar-refractivity contribution in [3.05, 3.63) is 65.9 Å². The molecular formula is C16H14N2O. The van der Waals surface area contributed by atoms with Crippen LogP contribution >= 0.6 is 0 Å². The number of hydrogen-bond acceptors (Lipinski definition) is 1. The third-order valence-corrected chi connectivity index (χ3v) is 3.22. The first-order chi connectivity index (χ1) is 9.25. The SMILES string of the molecule is Cc1c(C(=O)Nc2ccccc2)[nH]c2ccccc12. The van der Waals surface area contributed by atoms with E-state index in [1.165, 1.54) is 0 Å². The first kappa shape index (κ1) is 11.5. The predicted molar refractivity (Wildman–Crippen MR) is 77.4 cm³/mol. The van der Waals surface area contributed by atoms with Gasteiger partial charge in [0.25, 0.3) is 5.91 Å². The number of hydrogen-bond donors (Lipinski definition) is 2. The van der Waals surface area contributed by atoms with Crippen LogP contribution in [-0.2, 0) is 0 Å². The maximum atomic E-state index is 12.3. The van der Waals surface area contributed by atoms with Crippen molar-refractivity contribution in [1.82, 2.24) is 4.98 Å². The molecule has 0 fully saturated rings. The first-order valence-corrected chi connectivity index (χ1v) is 6.19. The zero-order chi connectivity index (χ0) is 13.2. The largest absolute Gasteiger partial charge is 0.350 e. The Labute approximate surface area is 111 Å². The van der Waals surface area contributed by atoms with Gasteiger partial charge in [-0.25, -0.2) is 0 Å². The van der Waals surface area contributed by atoms with E-state index in [1.54, 1.807) is 0 Å². The van der Waals surface area contributed by atoms with Gasteiger partial charge in [-0.15, -0.1) is 0 Å². The lowest BCUT2D eigenvalue weighted by Crippen LogP contribution is -2.13. The summed E-state index contributed by atoms with van der Waals surface area (Å²) in [5.41, 5.74) is 3.37. The van der Waals surface area contributed by atoms with Gasteiger partial charge in [0.15, 0.2) is 0 Å². The van der Waals surface area contributed by atoms with Gasteiger partial charge in [0.1, 0.15) is 5.69 Å². The van der Waals surface area contributed by atoms with Gasteiger partial charge in [0.05, 0.1) is 0 Å². The Balaban J connectivity index is 1.96. The van der Waals surface area contributed by atoms with Crippen LogP contribution in [0.25, 0.3) is 10.9 Å². The van der Waals surface area contributed by atoms with Gasteiger partial charge in [0.2, 0.25) is 0 Å². The Morgan fingerprint density at radius 3 is 2.42 bits per heavy atom. The van der Waals surface area contributed by atoms with Crippen molar-refractivity contribution < 1.29 is 4.79 Å². The van der Waals surface area contributed by atoms with Crippen LogP contribution in [0.1, 0.15) is 16.1 Å². The van der Waals surface area contributed by atoms with Crippen molar-refractivity contribution in [3.63, 3.8) is 0 Å². The molecule has 3 nitrogen and oxygen atoms in total. The van der Waals surface area contributed by atoms with Gasteiger partial charge < -0.3 is 10.3 Å². The van der Waals surface area contributed by atoms with E-state index in [0.29, 0.717) is 5.69 Å². The van der Waals surface area contributed by atoms with Crippen molar-refractivity contribution in [2.24, 2.45) is 0 Å². The number of H-pyrrole nitrogens is 1. The number of fused-ring (bicyclic) bond motifs is 1. The maximum Gasteiger partial charge on any atom is 0.272 e. The van der Waals surface area contributed by atoms with Crippen molar-refractivity contribution in [1.29, 1.82) is 0 Å². The van der Waals surface area contributed by atoms with E-state index >= 15 is 0 Å². The molecule has 2 aromatic carbocycles.